The van der Waals surface area contributed by atoms with Crippen LogP contribution < -0.4 is 10.2 Å². The Morgan fingerprint density at radius 3 is 2.65 bits per heavy atom. The third-order valence-electron chi connectivity index (χ3n) is 3.91. The molecule has 23 heavy (non-hydrogen) atoms. The van der Waals surface area contributed by atoms with Crippen LogP contribution in [0.2, 0.25) is 0 Å². The summed E-state index contributed by atoms with van der Waals surface area (Å²) in [4.78, 5) is 29.1. The van der Waals surface area contributed by atoms with Crippen LogP contribution >= 0.6 is 0 Å². The van der Waals surface area contributed by atoms with Gasteiger partial charge in [-0.05, 0) is 24.7 Å². The molecule has 2 aromatic rings. The van der Waals surface area contributed by atoms with Crippen LogP contribution in [-0.4, -0.2) is 59.0 Å². The Balaban J connectivity index is 1.63. The Bertz CT molecular complexity index is 655. The Morgan fingerprint density at radius 1 is 1.17 bits per heavy atom. The third-order valence-corrected chi connectivity index (χ3v) is 3.91. The molecule has 3 heterocycles. The highest BCUT2D eigenvalue weighted by Gasteiger charge is 2.17. The Hall–Kier alpha value is -2.54. The van der Waals surface area contributed by atoms with Gasteiger partial charge in [-0.2, -0.15) is 0 Å². The largest absolute Gasteiger partial charge is 0.354 e. The van der Waals surface area contributed by atoms with E-state index in [9.17, 15) is 4.79 Å². The van der Waals surface area contributed by atoms with Crippen molar-refractivity contribution in [2.24, 2.45) is 0 Å². The Kier molecular flexibility index (Phi) is 4.77. The molecule has 0 aromatic carbocycles. The molecular weight excluding hydrogens is 292 g/mol. The molecule has 0 atom stereocenters. The molecule has 2 aromatic heterocycles. The maximum atomic E-state index is 12.3. The molecule has 1 amide bonds. The minimum absolute atomic E-state index is 0.195. The van der Waals surface area contributed by atoms with Crippen molar-refractivity contribution in [2.75, 3.05) is 38.1 Å². The molecule has 3 rings (SSSR count). The lowest BCUT2D eigenvalue weighted by molar-refractivity contribution is 0.0945. The highest BCUT2D eigenvalue weighted by molar-refractivity contribution is 5.92. The van der Waals surface area contributed by atoms with Crippen molar-refractivity contribution in [3.63, 3.8) is 0 Å². The summed E-state index contributed by atoms with van der Waals surface area (Å²) < 4.78 is 0. The first-order valence-corrected chi connectivity index (χ1v) is 7.65. The Labute approximate surface area is 135 Å². The molecule has 0 spiro atoms. The monoisotopic (exact) mass is 312 g/mol. The van der Waals surface area contributed by atoms with Crippen LogP contribution in [0.25, 0.3) is 0 Å². The summed E-state index contributed by atoms with van der Waals surface area (Å²) in [6.45, 7) is 4.26. The lowest BCUT2D eigenvalue weighted by atomic mass is 10.2. The average Bonchev–Trinajstić information content (AvgIpc) is 2.61. The second-order valence-corrected chi connectivity index (χ2v) is 5.59. The number of carbonyl (C=O) groups is 1. The first-order valence-electron chi connectivity index (χ1n) is 7.65. The van der Waals surface area contributed by atoms with E-state index < -0.39 is 0 Å². The molecule has 0 saturated carbocycles. The molecule has 7 nitrogen and oxygen atoms in total. The molecule has 1 aliphatic rings. The zero-order valence-electron chi connectivity index (χ0n) is 13.1. The number of rotatable bonds is 4. The lowest BCUT2D eigenvalue weighted by Gasteiger charge is -2.33. The summed E-state index contributed by atoms with van der Waals surface area (Å²) in [7, 11) is 2.11. The first kappa shape index (κ1) is 15.4. The number of hydrogen-bond donors (Lipinski definition) is 1. The van der Waals surface area contributed by atoms with Gasteiger partial charge in [-0.3, -0.25) is 9.78 Å². The van der Waals surface area contributed by atoms with E-state index in [1.54, 1.807) is 18.5 Å². The van der Waals surface area contributed by atoms with Gasteiger partial charge in [0.15, 0.2) is 0 Å². The number of aromatic nitrogens is 3. The van der Waals surface area contributed by atoms with Crippen molar-refractivity contribution in [2.45, 2.75) is 6.54 Å². The van der Waals surface area contributed by atoms with Crippen LogP contribution in [-0.2, 0) is 6.54 Å². The number of nitrogens with one attached hydrogen (secondary N) is 1. The zero-order chi connectivity index (χ0) is 16.1. The van der Waals surface area contributed by atoms with Crippen molar-refractivity contribution < 1.29 is 4.79 Å². The number of pyridine rings is 1. The van der Waals surface area contributed by atoms with Crippen LogP contribution in [0.1, 0.15) is 16.1 Å². The third kappa shape index (κ3) is 4.01. The molecule has 1 aliphatic heterocycles. The maximum Gasteiger partial charge on any atom is 0.270 e. The second-order valence-electron chi connectivity index (χ2n) is 5.59. The van der Waals surface area contributed by atoms with Gasteiger partial charge in [0.2, 0.25) is 0 Å². The summed E-state index contributed by atoms with van der Waals surface area (Å²) >= 11 is 0. The summed E-state index contributed by atoms with van der Waals surface area (Å²) in [5.74, 6) is 0.613. The molecule has 1 saturated heterocycles. The topological polar surface area (TPSA) is 74.2 Å². The molecule has 120 valence electrons. The van der Waals surface area contributed by atoms with Crippen LogP contribution in [0.3, 0.4) is 0 Å². The van der Waals surface area contributed by atoms with E-state index >= 15 is 0 Å². The predicted molar refractivity (Wildman–Crippen MR) is 87.1 cm³/mol. The number of piperazine rings is 1. The highest BCUT2D eigenvalue weighted by Crippen LogP contribution is 2.13. The number of amides is 1. The van der Waals surface area contributed by atoms with Gasteiger partial charge in [-0.25, -0.2) is 9.97 Å². The van der Waals surface area contributed by atoms with E-state index in [-0.39, 0.29) is 5.91 Å². The fraction of sp³-hybridized carbons (Fsp3) is 0.375. The van der Waals surface area contributed by atoms with Crippen LogP contribution in [0.5, 0.6) is 0 Å². The number of likely N-dealkylation sites (N-methyl/N-ethyl adjacent to an activating group) is 1. The smallest absolute Gasteiger partial charge is 0.270 e. The van der Waals surface area contributed by atoms with Crippen molar-refractivity contribution in [1.82, 2.24) is 25.2 Å². The standard InChI is InChI=1S/C16H20N6O/c1-21-6-8-22(9-7-21)15-10-14(19-12-20-15)16(23)18-11-13-2-4-17-5-3-13/h2-5,10,12H,6-9,11H2,1H3,(H,18,23). The first-order chi connectivity index (χ1) is 11.2. The number of nitrogens with zero attached hydrogens (tertiary/aromatic N) is 5. The molecule has 0 radical (unpaired) electrons. The quantitative estimate of drug-likeness (QED) is 0.889. The van der Waals surface area contributed by atoms with Crippen molar-refractivity contribution >= 4 is 11.7 Å². The van der Waals surface area contributed by atoms with Crippen molar-refractivity contribution in [3.05, 3.63) is 48.2 Å². The van der Waals surface area contributed by atoms with Gasteiger partial charge < -0.3 is 15.1 Å². The number of hydrogen-bond acceptors (Lipinski definition) is 6. The van der Waals surface area contributed by atoms with Gasteiger partial charge >= 0.3 is 0 Å². The fourth-order valence-electron chi connectivity index (χ4n) is 2.45. The van der Waals surface area contributed by atoms with E-state index in [0.717, 1.165) is 37.6 Å². The van der Waals surface area contributed by atoms with Crippen molar-refractivity contribution in [3.8, 4) is 0 Å². The van der Waals surface area contributed by atoms with Gasteiger partial charge in [-0.15, -0.1) is 0 Å². The molecule has 0 bridgehead atoms. The number of carbonyl (C=O) groups excluding carboxylic acids is 1. The summed E-state index contributed by atoms with van der Waals surface area (Å²) in [5, 5.41) is 2.87. The summed E-state index contributed by atoms with van der Waals surface area (Å²) in [6.07, 6.45) is 4.87. The number of anilines is 1. The van der Waals surface area contributed by atoms with Crippen LogP contribution in [0, 0.1) is 0 Å². The van der Waals surface area contributed by atoms with Gasteiger partial charge in [0.05, 0.1) is 0 Å². The van der Waals surface area contributed by atoms with E-state index in [0.29, 0.717) is 12.2 Å². The van der Waals surface area contributed by atoms with E-state index in [1.165, 1.54) is 6.33 Å². The summed E-state index contributed by atoms with van der Waals surface area (Å²) in [5.41, 5.74) is 1.39. The van der Waals surface area contributed by atoms with Gasteiger partial charge in [0.25, 0.3) is 5.91 Å². The second kappa shape index (κ2) is 7.15. The zero-order valence-corrected chi connectivity index (χ0v) is 13.1. The SMILES string of the molecule is CN1CCN(c2cc(C(=O)NCc3ccncc3)ncn2)CC1. The van der Waals surface area contributed by atoms with Crippen LogP contribution in [0.15, 0.2) is 36.9 Å². The molecule has 7 heteroatoms. The van der Waals surface area contributed by atoms with E-state index in [1.807, 2.05) is 12.1 Å². The van der Waals surface area contributed by atoms with Crippen molar-refractivity contribution in [1.29, 1.82) is 0 Å². The van der Waals surface area contributed by atoms with Gasteiger partial charge in [0, 0.05) is 51.2 Å². The molecule has 1 N–H and O–H groups in total. The Morgan fingerprint density at radius 2 is 1.91 bits per heavy atom. The van der Waals surface area contributed by atoms with Gasteiger partial charge in [-0.1, -0.05) is 0 Å². The molecular formula is C16H20N6O. The van der Waals surface area contributed by atoms with Gasteiger partial charge in [0.1, 0.15) is 17.8 Å². The van der Waals surface area contributed by atoms with E-state index in [2.05, 4.69) is 37.1 Å². The van der Waals surface area contributed by atoms with E-state index in [4.69, 9.17) is 0 Å². The maximum absolute atomic E-state index is 12.3. The highest BCUT2D eigenvalue weighted by atomic mass is 16.1. The molecule has 0 aliphatic carbocycles. The fourth-order valence-corrected chi connectivity index (χ4v) is 2.45. The average molecular weight is 312 g/mol. The lowest BCUT2D eigenvalue weighted by Crippen LogP contribution is -2.44. The molecule has 0 unspecified atom stereocenters. The normalized spacial score (nSPS) is 15.4. The molecule has 1 fully saturated rings. The van der Waals surface area contributed by atoms with Crippen LogP contribution in [0.4, 0.5) is 5.82 Å². The summed E-state index contributed by atoms with van der Waals surface area (Å²) in [6, 6.07) is 5.50. The predicted octanol–water partition coefficient (Wildman–Crippen LogP) is 0.553. The minimum atomic E-state index is -0.195. The minimum Gasteiger partial charge on any atom is -0.354 e.